The summed E-state index contributed by atoms with van der Waals surface area (Å²) in [5.41, 5.74) is 3.92. The first kappa shape index (κ1) is 22.4. The van der Waals surface area contributed by atoms with E-state index in [-0.39, 0.29) is 0 Å². The molecule has 6 heteroatoms. The van der Waals surface area contributed by atoms with Crippen molar-refractivity contribution in [2.75, 3.05) is 46.1 Å². The van der Waals surface area contributed by atoms with E-state index in [1.165, 1.54) is 16.7 Å². The van der Waals surface area contributed by atoms with Gasteiger partial charge in [-0.15, -0.1) is 0 Å². The van der Waals surface area contributed by atoms with Gasteiger partial charge in [-0.1, -0.05) is 18.2 Å². The Kier molecular flexibility index (Phi) is 7.41. The highest BCUT2D eigenvalue weighted by Gasteiger charge is 2.25. The number of alkyl halides is 1. The van der Waals surface area contributed by atoms with Crippen LogP contribution in [0.5, 0.6) is 5.75 Å². The highest BCUT2D eigenvalue weighted by molar-refractivity contribution is 7.84. The summed E-state index contributed by atoms with van der Waals surface area (Å²) in [7, 11) is 1.20. The third-order valence-electron chi connectivity index (χ3n) is 6.44. The van der Waals surface area contributed by atoms with Crippen LogP contribution >= 0.6 is 0 Å². The molecule has 2 unspecified atom stereocenters. The summed E-state index contributed by atoms with van der Waals surface area (Å²) in [6, 6.07) is 14.7. The molecule has 2 aliphatic heterocycles. The van der Waals surface area contributed by atoms with E-state index in [1.54, 1.807) is 6.26 Å². The Morgan fingerprint density at radius 1 is 1.13 bits per heavy atom. The van der Waals surface area contributed by atoms with Crippen molar-refractivity contribution in [2.45, 2.75) is 42.8 Å². The quantitative estimate of drug-likeness (QED) is 0.599. The van der Waals surface area contributed by atoms with E-state index >= 15 is 0 Å². The Labute approximate surface area is 187 Å². The molecular weight excluding hydrogens is 411 g/mol. The minimum atomic E-state index is -0.952. The zero-order valence-corrected chi connectivity index (χ0v) is 19.4. The average molecular weight is 445 g/mol. The molecule has 0 radical (unpaired) electrons. The molecule has 2 aliphatic rings. The van der Waals surface area contributed by atoms with Gasteiger partial charge < -0.3 is 14.5 Å². The van der Waals surface area contributed by atoms with Crippen molar-refractivity contribution >= 4 is 10.8 Å². The van der Waals surface area contributed by atoms with Crippen LogP contribution in [0.3, 0.4) is 0 Å². The number of likely N-dealkylation sites (tertiary alicyclic amines) is 1. The SMILES string of the molecule is CN1Cc2cc(OCCCN3CCC(F)CC3)ccc2C(c2ccc(S(C)=O)cc2)C1. The summed E-state index contributed by atoms with van der Waals surface area (Å²) in [5, 5.41) is 0. The van der Waals surface area contributed by atoms with Crippen molar-refractivity contribution in [3.63, 3.8) is 0 Å². The Bertz CT molecular complexity index is 897. The third-order valence-corrected chi connectivity index (χ3v) is 7.38. The second-order valence-electron chi connectivity index (χ2n) is 8.85. The first-order chi connectivity index (χ1) is 15.0. The van der Waals surface area contributed by atoms with Crippen LogP contribution in [0.25, 0.3) is 0 Å². The first-order valence-electron chi connectivity index (χ1n) is 11.2. The Balaban J connectivity index is 1.37. The fraction of sp³-hybridized carbons (Fsp3) is 0.520. The van der Waals surface area contributed by atoms with Gasteiger partial charge in [-0.2, -0.15) is 0 Å². The maximum atomic E-state index is 13.3. The van der Waals surface area contributed by atoms with Crippen LogP contribution in [0.1, 0.15) is 41.9 Å². The lowest BCUT2D eigenvalue weighted by molar-refractivity contribution is 0.143. The van der Waals surface area contributed by atoms with Gasteiger partial charge in [-0.05, 0) is 67.3 Å². The Morgan fingerprint density at radius 3 is 2.58 bits per heavy atom. The minimum absolute atomic E-state index is 0.306. The van der Waals surface area contributed by atoms with Gasteiger partial charge in [0.1, 0.15) is 11.9 Å². The highest BCUT2D eigenvalue weighted by Crippen LogP contribution is 2.35. The second-order valence-corrected chi connectivity index (χ2v) is 10.2. The van der Waals surface area contributed by atoms with Crippen molar-refractivity contribution < 1.29 is 13.3 Å². The number of nitrogens with zero attached hydrogens (tertiary/aromatic N) is 2. The number of likely N-dealkylation sites (N-methyl/N-ethyl adjacent to an activating group) is 1. The van der Waals surface area contributed by atoms with Crippen LogP contribution in [0.2, 0.25) is 0 Å². The summed E-state index contributed by atoms with van der Waals surface area (Å²) >= 11 is 0. The lowest BCUT2D eigenvalue weighted by atomic mass is 9.85. The van der Waals surface area contributed by atoms with E-state index in [4.69, 9.17) is 4.74 Å². The molecule has 31 heavy (non-hydrogen) atoms. The van der Waals surface area contributed by atoms with Gasteiger partial charge >= 0.3 is 0 Å². The predicted octanol–water partition coefficient (Wildman–Crippen LogP) is 4.20. The maximum absolute atomic E-state index is 13.3. The van der Waals surface area contributed by atoms with Crippen LogP contribution in [-0.2, 0) is 17.3 Å². The molecule has 0 N–H and O–H groups in total. The van der Waals surface area contributed by atoms with Crippen LogP contribution < -0.4 is 4.74 Å². The van der Waals surface area contributed by atoms with E-state index in [0.717, 1.165) is 49.8 Å². The van der Waals surface area contributed by atoms with Gasteiger partial charge in [0, 0.05) is 60.6 Å². The van der Waals surface area contributed by atoms with Gasteiger partial charge in [-0.3, -0.25) is 4.21 Å². The molecule has 4 nitrogen and oxygen atoms in total. The standard InChI is InChI=1S/C25H33FN2O2S/c1-27-17-20-16-22(30-15-3-12-28-13-10-21(26)11-14-28)6-9-24(20)25(18-27)19-4-7-23(8-5-19)31(2)29/h4-9,16,21,25H,3,10-15,17-18H2,1-2H3. The molecule has 0 aromatic heterocycles. The normalized spacial score (nSPS) is 21.6. The molecule has 0 spiro atoms. The molecule has 2 aromatic carbocycles. The molecule has 0 amide bonds. The van der Waals surface area contributed by atoms with Crippen molar-refractivity contribution in [1.29, 1.82) is 0 Å². The molecule has 2 atom stereocenters. The summed E-state index contributed by atoms with van der Waals surface area (Å²) in [6.07, 6.45) is 3.39. The second kappa shape index (κ2) is 10.2. The number of benzene rings is 2. The number of fused-ring (bicyclic) bond motifs is 1. The molecule has 0 aliphatic carbocycles. The predicted molar refractivity (Wildman–Crippen MR) is 124 cm³/mol. The molecule has 0 bridgehead atoms. The summed E-state index contributed by atoms with van der Waals surface area (Å²) in [4.78, 5) is 5.55. The molecule has 4 rings (SSSR count). The first-order valence-corrected chi connectivity index (χ1v) is 12.8. The van der Waals surface area contributed by atoms with Crippen molar-refractivity contribution in [1.82, 2.24) is 9.80 Å². The fourth-order valence-electron chi connectivity index (χ4n) is 4.69. The van der Waals surface area contributed by atoms with Crippen molar-refractivity contribution in [3.8, 4) is 5.75 Å². The molecule has 2 aromatic rings. The van der Waals surface area contributed by atoms with Gasteiger partial charge in [-0.25, -0.2) is 4.39 Å². The lowest BCUT2D eigenvalue weighted by Crippen LogP contribution is -2.35. The van der Waals surface area contributed by atoms with Gasteiger partial charge in [0.25, 0.3) is 0 Å². The third kappa shape index (κ3) is 5.73. The van der Waals surface area contributed by atoms with Crippen LogP contribution in [0.15, 0.2) is 47.4 Å². The molecule has 0 saturated carbocycles. The molecule has 1 fully saturated rings. The van der Waals surface area contributed by atoms with E-state index in [9.17, 15) is 8.60 Å². The van der Waals surface area contributed by atoms with E-state index in [2.05, 4.69) is 47.2 Å². The van der Waals surface area contributed by atoms with Crippen LogP contribution in [0.4, 0.5) is 4.39 Å². The van der Waals surface area contributed by atoms with Gasteiger partial charge in [0.05, 0.1) is 6.61 Å². The van der Waals surface area contributed by atoms with E-state index < -0.39 is 17.0 Å². The number of rotatable bonds is 7. The highest BCUT2D eigenvalue weighted by atomic mass is 32.2. The number of halogens is 1. The van der Waals surface area contributed by atoms with E-state index in [0.29, 0.717) is 25.4 Å². The van der Waals surface area contributed by atoms with Gasteiger partial charge in [0.15, 0.2) is 0 Å². The van der Waals surface area contributed by atoms with Crippen LogP contribution in [0, 0.1) is 0 Å². The molecule has 168 valence electrons. The maximum Gasteiger partial charge on any atom is 0.119 e. The van der Waals surface area contributed by atoms with Crippen molar-refractivity contribution in [3.05, 3.63) is 59.2 Å². The average Bonchev–Trinajstić information content (AvgIpc) is 2.77. The zero-order valence-electron chi connectivity index (χ0n) is 18.6. The minimum Gasteiger partial charge on any atom is -0.494 e. The molecular formula is C25H33FN2O2S. The number of piperidine rings is 1. The van der Waals surface area contributed by atoms with E-state index in [1.807, 2.05) is 12.1 Å². The van der Waals surface area contributed by atoms with Crippen molar-refractivity contribution in [2.24, 2.45) is 0 Å². The molecule has 1 saturated heterocycles. The summed E-state index contributed by atoms with van der Waals surface area (Å²) in [5.74, 6) is 1.23. The van der Waals surface area contributed by atoms with Gasteiger partial charge in [0.2, 0.25) is 0 Å². The Morgan fingerprint density at radius 2 is 1.87 bits per heavy atom. The monoisotopic (exact) mass is 444 g/mol. The molecule has 2 heterocycles. The topological polar surface area (TPSA) is 32.8 Å². The lowest BCUT2D eigenvalue weighted by Gasteiger charge is -2.33. The zero-order chi connectivity index (χ0) is 21.8. The summed E-state index contributed by atoms with van der Waals surface area (Å²) < 4.78 is 31.0. The largest absolute Gasteiger partial charge is 0.494 e. The number of ether oxygens (including phenoxy) is 1. The Hall–Kier alpha value is -1.76. The smallest absolute Gasteiger partial charge is 0.119 e. The summed E-state index contributed by atoms with van der Waals surface area (Å²) in [6.45, 7) is 5.27. The van der Waals surface area contributed by atoms with Crippen LogP contribution in [-0.4, -0.2) is 66.3 Å². The number of hydrogen-bond donors (Lipinski definition) is 0. The fourth-order valence-corrected chi connectivity index (χ4v) is 5.21. The number of hydrogen-bond acceptors (Lipinski definition) is 4.